The third-order valence-corrected chi connectivity index (χ3v) is 4.64. The minimum Gasteiger partial charge on any atom is -0.354 e. The van der Waals surface area contributed by atoms with E-state index in [1.807, 2.05) is 32.0 Å². The first kappa shape index (κ1) is 18.2. The fourth-order valence-corrected chi connectivity index (χ4v) is 2.97. The Morgan fingerprint density at radius 3 is 2.58 bits per heavy atom. The molecular formula is C20H28N2O2. The number of nitrogens with one attached hydrogen (secondary N) is 1. The first-order valence-corrected chi connectivity index (χ1v) is 8.77. The highest BCUT2D eigenvalue weighted by Crippen LogP contribution is 2.20. The number of carbonyl (C=O) groups is 2. The Balaban J connectivity index is 1.89. The van der Waals surface area contributed by atoms with Crippen molar-refractivity contribution in [3.05, 3.63) is 41.0 Å². The summed E-state index contributed by atoms with van der Waals surface area (Å²) >= 11 is 0. The van der Waals surface area contributed by atoms with Crippen LogP contribution in [0.4, 0.5) is 5.69 Å². The zero-order chi connectivity index (χ0) is 17.5. The van der Waals surface area contributed by atoms with Crippen molar-refractivity contribution in [2.24, 2.45) is 0 Å². The van der Waals surface area contributed by atoms with Crippen LogP contribution in [0.25, 0.3) is 0 Å². The molecule has 0 atom stereocenters. The van der Waals surface area contributed by atoms with Gasteiger partial charge in [-0.2, -0.15) is 0 Å². The van der Waals surface area contributed by atoms with Crippen LogP contribution in [-0.2, 0) is 9.59 Å². The third kappa shape index (κ3) is 5.22. The number of hydrogen-bond acceptors (Lipinski definition) is 2. The van der Waals surface area contributed by atoms with Crippen molar-refractivity contribution in [3.63, 3.8) is 0 Å². The van der Waals surface area contributed by atoms with E-state index in [1.54, 1.807) is 0 Å². The summed E-state index contributed by atoms with van der Waals surface area (Å²) in [6.45, 7) is 6.24. The first-order chi connectivity index (χ1) is 11.5. The molecule has 1 aliphatic carbocycles. The summed E-state index contributed by atoms with van der Waals surface area (Å²) < 4.78 is 0. The monoisotopic (exact) mass is 328 g/mol. The molecule has 0 radical (unpaired) electrons. The van der Waals surface area contributed by atoms with E-state index >= 15 is 0 Å². The fraction of sp³-hybridized carbons (Fsp3) is 0.500. The smallest absolute Gasteiger partial charge is 0.240 e. The van der Waals surface area contributed by atoms with Gasteiger partial charge in [-0.05, 0) is 69.2 Å². The minimum absolute atomic E-state index is 0.0664. The van der Waals surface area contributed by atoms with Crippen LogP contribution in [0.2, 0.25) is 0 Å². The molecule has 1 N–H and O–H groups in total. The van der Waals surface area contributed by atoms with Crippen LogP contribution >= 0.6 is 0 Å². The van der Waals surface area contributed by atoms with E-state index in [0.29, 0.717) is 6.54 Å². The summed E-state index contributed by atoms with van der Waals surface area (Å²) in [5.41, 5.74) is 4.51. The summed E-state index contributed by atoms with van der Waals surface area (Å²) in [7, 11) is 0. The molecule has 2 amide bonds. The molecule has 130 valence electrons. The second-order valence-electron chi connectivity index (χ2n) is 6.58. The zero-order valence-electron chi connectivity index (χ0n) is 15.0. The maximum atomic E-state index is 12.2. The number of benzene rings is 1. The van der Waals surface area contributed by atoms with Crippen molar-refractivity contribution in [1.29, 1.82) is 0 Å². The van der Waals surface area contributed by atoms with Gasteiger partial charge in [0.15, 0.2) is 0 Å². The van der Waals surface area contributed by atoms with Gasteiger partial charge in [0.2, 0.25) is 11.8 Å². The largest absolute Gasteiger partial charge is 0.354 e. The Kier molecular flexibility index (Phi) is 6.59. The van der Waals surface area contributed by atoms with Crippen molar-refractivity contribution < 1.29 is 9.59 Å². The van der Waals surface area contributed by atoms with Gasteiger partial charge in [0.25, 0.3) is 0 Å². The van der Waals surface area contributed by atoms with Crippen LogP contribution in [0.3, 0.4) is 0 Å². The normalized spacial score (nSPS) is 14.0. The van der Waals surface area contributed by atoms with Crippen LogP contribution in [0.5, 0.6) is 0 Å². The van der Waals surface area contributed by atoms with Crippen molar-refractivity contribution in [1.82, 2.24) is 5.32 Å². The zero-order valence-corrected chi connectivity index (χ0v) is 15.0. The summed E-state index contributed by atoms with van der Waals surface area (Å²) in [5.74, 6) is -0.233. The number of allylic oxidation sites excluding steroid dienone is 1. The van der Waals surface area contributed by atoms with Crippen molar-refractivity contribution in [2.75, 3.05) is 18.0 Å². The number of hydrogen-bond donors (Lipinski definition) is 1. The quantitative estimate of drug-likeness (QED) is 0.810. The van der Waals surface area contributed by atoms with Gasteiger partial charge in [0.1, 0.15) is 6.54 Å². The third-order valence-electron chi connectivity index (χ3n) is 4.64. The average Bonchev–Trinajstić information content (AvgIpc) is 2.56. The fourth-order valence-electron chi connectivity index (χ4n) is 2.97. The minimum atomic E-state index is -0.122. The van der Waals surface area contributed by atoms with E-state index in [2.05, 4.69) is 11.4 Å². The Morgan fingerprint density at radius 1 is 1.17 bits per heavy atom. The number of aryl methyl sites for hydroxylation is 2. The van der Waals surface area contributed by atoms with E-state index < -0.39 is 0 Å². The first-order valence-electron chi connectivity index (χ1n) is 8.77. The number of amides is 2. The van der Waals surface area contributed by atoms with E-state index in [-0.39, 0.29) is 18.4 Å². The Bertz CT molecular complexity index is 635. The van der Waals surface area contributed by atoms with Crippen LogP contribution in [0.15, 0.2) is 29.8 Å². The highest BCUT2D eigenvalue weighted by molar-refractivity contribution is 5.97. The van der Waals surface area contributed by atoms with E-state index in [0.717, 1.165) is 30.5 Å². The molecule has 24 heavy (non-hydrogen) atoms. The maximum Gasteiger partial charge on any atom is 0.240 e. The number of rotatable bonds is 6. The molecule has 0 heterocycles. The van der Waals surface area contributed by atoms with Gasteiger partial charge in [0.05, 0.1) is 0 Å². The summed E-state index contributed by atoms with van der Waals surface area (Å²) in [4.78, 5) is 25.7. The Morgan fingerprint density at radius 2 is 1.96 bits per heavy atom. The highest BCUT2D eigenvalue weighted by atomic mass is 16.2. The molecule has 4 nitrogen and oxygen atoms in total. The van der Waals surface area contributed by atoms with Crippen molar-refractivity contribution >= 4 is 17.5 Å². The molecule has 0 saturated heterocycles. The molecule has 1 aromatic rings. The SMILES string of the molecule is CC(=O)N(CC(=O)NCCC1=CCCCC1)c1ccc(C)c(C)c1. The maximum absolute atomic E-state index is 12.2. The van der Waals surface area contributed by atoms with E-state index in [9.17, 15) is 9.59 Å². The van der Waals surface area contributed by atoms with Gasteiger partial charge in [-0.1, -0.05) is 17.7 Å². The summed E-state index contributed by atoms with van der Waals surface area (Å²) in [6.07, 6.45) is 8.05. The van der Waals surface area contributed by atoms with Gasteiger partial charge < -0.3 is 10.2 Å². The lowest BCUT2D eigenvalue weighted by molar-refractivity contribution is -0.123. The number of anilines is 1. The number of nitrogens with zero attached hydrogens (tertiary/aromatic N) is 1. The molecule has 0 saturated carbocycles. The van der Waals surface area contributed by atoms with Crippen LogP contribution in [-0.4, -0.2) is 24.9 Å². The van der Waals surface area contributed by atoms with Crippen LogP contribution in [0, 0.1) is 13.8 Å². The van der Waals surface area contributed by atoms with Gasteiger partial charge in [-0.15, -0.1) is 0 Å². The van der Waals surface area contributed by atoms with Gasteiger partial charge in [0, 0.05) is 19.2 Å². The molecule has 0 aliphatic heterocycles. The molecule has 2 rings (SSSR count). The lowest BCUT2D eigenvalue weighted by Crippen LogP contribution is -2.40. The van der Waals surface area contributed by atoms with Crippen molar-refractivity contribution in [2.45, 2.75) is 52.9 Å². The Hall–Kier alpha value is -2.10. The topological polar surface area (TPSA) is 49.4 Å². The second kappa shape index (κ2) is 8.67. The molecule has 0 fully saturated rings. The van der Waals surface area contributed by atoms with Gasteiger partial charge in [-0.25, -0.2) is 0 Å². The summed E-state index contributed by atoms with van der Waals surface area (Å²) in [5, 5.41) is 2.94. The standard InChI is InChI=1S/C20H28N2O2/c1-15-9-10-19(13-16(15)2)22(17(3)23)14-20(24)21-12-11-18-7-5-4-6-8-18/h7,9-10,13H,4-6,8,11-12,14H2,1-3H3,(H,21,24). The van der Waals surface area contributed by atoms with Crippen LogP contribution < -0.4 is 10.2 Å². The predicted octanol–water partition coefficient (Wildman–Crippen LogP) is 3.66. The molecule has 1 aliphatic rings. The van der Waals surface area contributed by atoms with Gasteiger partial charge in [-0.3, -0.25) is 9.59 Å². The second-order valence-corrected chi connectivity index (χ2v) is 6.58. The molecule has 0 spiro atoms. The molecule has 0 aromatic heterocycles. The Labute approximate surface area is 144 Å². The lowest BCUT2D eigenvalue weighted by atomic mass is 9.97. The highest BCUT2D eigenvalue weighted by Gasteiger charge is 2.16. The molecule has 0 bridgehead atoms. The summed E-state index contributed by atoms with van der Waals surface area (Å²) in [6, 6.07) is 5.83. The predicted molar refractivity (Wildman–Crippen MR) is 98.1 cm³/mol. The van der Waals surface area contributed by atoms with Crippen LogP contribution in [0.1, 0.15) is 50.2 Å². The van der Waals surface area contributed by atoms with Gasteiger partial charge >= 0.3 is 0 Å². The molecular weight excluding hydrogens is 300 g/mol. The number of carbonyl (C=O) groups excluding carboxylic acids is 2. The van der Waals surface area contributed by atoms with E-state index in [1.165, 1.54) is 35.8 Å². The van der Waals surface area contributed by atoms with E-state index in [4.69, 9.17) is 0 Å². The lowest BCUT2D eigenvalue weighted by Gasteiger charge is -2.22. The molecule has 4 heteroatoms. The average molecular weight is 328 g/mol. The molecule has 1 aromatic carbocycles. The van der Waals surface area contributed by atoms with Crippen molar-refractivity contribution in [3.8, 4) is 0 Å². The molecule has 0 unspecified atom stereocenters.